The van der Waals surface area contributed by atoms with Gasteiger partial charge >= 0.3 is 0 Å². The number of hydrogen-bond acceptors (Lipinski definition) is 5. The third-order valence-electron chi connectivity index (χ3n) is 4.23. The van der Waals surface area contributed by atoms with E-state index in [1.807, 2.05) is 65.4 Å². The number of methoxy groups -OCH3 is 1. The second-order valence-electron chi connectivity index (χ2n) is 6.16. The molecule has 0 unspecified atom stereocenters. The van der Waals surface area contributed by atoms with Crippen LogP contribution in [-0.2, 0) is 9.59 Å². The highest BCUT2D eigenvalue weighted by molar-refractivity contribution is 7.99. The normalized spacial score (nSPS) is 10.5. The smallest absolute Gasteiger partial charge is 0.237 e. The van der Waals surface area contributed by atoms with Gasteiger partial charge in [0.15, 0.2) is 5.16 Å². The maximum absolute atomic E-state index is 12.9. The van der Waals surface area contributed by atoms with Crippen molar-refractivity contribution in [3.8, 4) is 11.4 Å². The Balaban J connectivity index is 1.71. The highest BCUT2D eigenvalue weighted by atomic mass is 32.2. The molecule has 0 saturated heterocycles. The van der Waals surface area contributed by atoms with Crippen molar-refractivity contribution in [1.82, 2.24) is 9.55 Å². The third-order valence-corrected chi connectivity index (χ3v) is 5.18. The fourth-order valence-corrected chi connectivity index (χ4v) is 3.62. The predicted octanol–water partition coefficient (Wildman–Crippen LogP) is 2.88. The highest BCUT2D eigenvalue weighted by Crippen LogP contribution is 2.23. The molecule has 8 heteroatoms. The number of benzene rings is 2. The summed E-state index contributed by atoms with van der Waals surface area (Å²) in [5.41, 5.74) is 6.93. The van der Waals surface area contributed by atoms with Crippen molar-refractivity contribution in [3.63, 3.8) is 0 Å². The summed E-state index contributed by atoms with van der Waals surface area (Å²) >= 11 is 1.34. The molecule has 1 heterocycles. The van der Waals surface area contributed by atoms with Crippen molar-refractivity contribution in [2.24, 2.45) is 5.73 Å². The standard InChI is InChI=1S/C21H22N4O3S/c1-28-18-9-7-17(8-10-18)25-14-12-23-21(25)29-15-20(27)24(13-11-19(22)26)16-5-3-2-4-6-16/h2-10,12,14H,11,13,15H2,1H3,(H2,22,26). The van der Waals surface area contributed by atoms with Gasteiger partial charge in [-0.1, -0.05) is 30.0 Å². The third kappa shape index (κ3) is 5.39. The van der Waals surface area contributed by atoms with E-state index in [1.54, 1.807) is 18.2 Å². The van der Waals surface area contributed by atoms with Gasteiger partial charge in [0.1, 0.15) is 5.75 Å². The number of aromatic nitrogens is 2. The molecule has 0 aliphatic heterocycles. The van der Waals surface area contributed by atoms with Gasteiger partial charge < -0.3 is 15.4 Å². The average molecular weight is 410 g/mol. The molecule has 1 aromatic heterocycles. The number of anilines is 1. The molecule has 29 heavy (non-hydrogen) atoms. The largest absolute Gasteiger partial charge is 0.497 e. The van der Waals surface area contributed by atoms with E-state index in [1.165, 1.54) is 11.8 Å². The Morgan fingerprint density at radius 1 is 1.14 bits per heavy atom. The molecule has 2 N–H and O–H groups in total. The number of thioether (sulfide) groups is 1. The number of rotatable bonds is 9. The maximum Gasteiger partial charge on any atom is 0.237 e. The van der Waals surface area contributed by atoms with Gasteiger partial charge in [0.25, 0.3) is 0 Å². The van der Waals surface area contributed by atoms with E-state index in [2.05, 4.69) is 4.98 Å². The minimum atomic E-state index is -0.443. The quantitative estimate of drug-likeness (QED) is 0.548. The molecule has 2 aromatic carbocycles. The molecule has 0 fully saturated rings. The Kier molecular flexibility index (Phi) is 6.91. The molecule has 3 aromatic rings. The minimum absolute atomic E-state index is 0.103. The Bertz CT molecular complexity index is 958. The van der Waals surface area contributed by atoms with Crippen LogP contribution in [0.3, 0.4) is 0 Å². The van der Waals surface area contributed by atoms with Crippen LogP contribution in [0.2, 0.25) is 0 Å². The van der Waals surface area contributed by atoms with E-state index >= 15 is 0 Å². The van der Waals surface area contributed by atoms with E-state index in [0.717, 1.165) is 17.1 Å². The lowest BCUT2D eigenvalue weighted by molar-refractivity contribution is -0.118. The first-order valence-corrected chi connectivity index (χ1v) is 10.0. The Morgan fingerprint density at radius 2 is 1.86 bits per heavy atom. The number of carbonyl (C=O) groups is 2. The van der Waals surface area contributed by atoms with Crippen LogP contribution in [0, 0.1) is 0 Å². The number of hydrogen-bond donors (Lipinski definition) is 1. The topological polar surface area (TPSA) is 90.5 Å². The lowest BCUT2D eigenvalue weighted by Gasteiger charge is -2.22. The maximum atomic E-state index is 12.9. The van der Waals surface area contributed by atoms with Crippen LogP contribution in [0.1, 0.15) is 6.42 Å². The molecule has 0 atom stereocenters. The number of nitrogens with two attached hydrogens (primary N) is 1. The second-order valence-corrected chi connectivity index (χ2v) is 7.11. The van der Waals surface area contributed by atoms with Crippen LogP contribution in [-0.4, -0.2) is 40.8 Å². The molecule has 0 saturated carbocycles. The van der Waals surface area contributed by atoms with Gasteiger partial charge in [-0.2, -0.15) is 0 Å². The summed E-state index contributed by atoms with van der Waals surface area (Å²) < 4.78 is 7.10. The first kappa shape index (κ1) is 20.5. The van der Waals surface area contributed by atoms with Gasteiger partial charge in [0, 0.05) is 36.7 Å². The average Bonchev–Trinajstić information content (AvgIpc) is 3.21. The van der Waals surface area contributed by atoms with E-state index in [4.69, 9.17) is 10.5 Å². The summed E-state index contributed by atoms with van der Waals surface area (Å²) in [5.74, 6) is 0.389. The molecular weight excluding hydrogens is 388 g/mol. The van der Waals surface area contributed by atoms with Crippen LogP contribution in [0.15, 0.2) is 72.1 Å². The zero-order chi connectivity index (χ0) is 20.6. The lowest BCUT2D eigenvalue weighted by atomic mass is 10.2. The summed E-state index contributed by atoms with van der Waals surface area (Å²) in [4.78, 5) is 30.0. The molecule has 0 aliphatic rings. The van der Waals surface area contributed by atoms with Crippen LogP contribution in [0.25, 0.3) is 5.69 Å². The van der Waals surface area contributed by atoms with Crippen molar-refractivity contribution >= 4 is 29.3 Å². The first-order valence-electron chi connectivity index (χ1n) is 9.03. The van der Waals surface area contributed by atoms with Gasteiger partial charge in [0.05, 0.1) is 12.9 Å². The number of primary amides is 1. The van der Waals surface area contributed by atoms with Crippen LogP contribution in [0.4, 0.5) is 5.69 Å². The zero-order valence-electron chi connectivity index (χ0n) is 16.0. The van der Waals surface area contributed by atoms with Gasteiger partial charge in [-0.3, -0.25) is 14.2 Å². The lowest BCUT2D eigenvalue weighted by Crippen LogP contribution is -2.35. The van der Waals surface area contributed by atoms with Crippen LogP contribution < -0.4 is 15.4 Å². The summed E-state index contributed by atoms with van der Waals surface area (Å²) in [5, 5.41) is 0.700. The van der Waals surface area contributed by atoms with Crippen molar-refractivity contribution in [2.45, 2.75) is 11.6 Å². The van der Waals surface area contributed by atoms with E-state index in [9.17, 15) is 9.59 Å². The van der Waals surface area contributed by atoms with Crippen molar-refractivity contribution in [2.75, 3.05) is 24.3 Å². The SMILES string of the molecule is COc1ccc(-n2ccnc2SCC(=O)N(CCC(N)=O)c2ccccc2)cc1. The molecule has 0 radical (unpaired) electrons. The van der Waals surface area contributed by atoms with Gasteiger partial charge in [-0.25, -0.2) is 4.98 Å². The van der Waals surface area contributed by atoms with Gasteiger partial charge in [-0.05, 0) is 36.4 Å². The summed E-state index contributed by atoms with van der Waals surface area (Å²) in [7, 11) is 1.62. The van der Waals surface area contributed by atoms with Crippen molar-refractivity contribution in [1.29, 1.82) is 0 Å². The number of amides is 2. The number of carbonyl (C=O) groups excluding carboxylic acids is 2. The minimum Gasteiger partial charge on any atom is -0.497 e. The molecule has 150 valence electrons. The fraction of sp³-hybridized carbons (Fsp3) is 0.190. The molecule has 0 bridgehead atoms. The van der Waals surface area contributed by atoms with Crippen molar-refractivity contribution in [3.05, 3.63) is 67.0 Å². The molecule has 3 rings (SSSR count). The predicted molar refractivity (Wildman–Crippen MR) is 113 cm³/mol. The summed E-state index contributed by atoms with van der Waals surface area (Å²) in [6.07, 6.45) is 3.64. The van der Waals surface area contributed by atoms with E-state index in [0.29, 0.717) is 5.16 Å². The summed E-state index contributed by atoms with van der Waals surface area (Å²) in [6, 6.07) is 16.8. The molecule has 2 amide bonds. The molecule has 0 spiro atoms. The Labute approximate surface area is 173 Å². The summed E-state index contributed by atoms with van der Waals surface area (Å²) in [6.45, 7) is 0.242. The van der Waals surface area contributed by atoms with Crippen molar-refractivity contribution < 1.29 is 14.3 Å². The fourth-order valence-electron chi connectivity index (χ4n) is 2.77. The Hall–Kier alpha value is -3.26. The number of ether oxygens (including phenoxy) is 1. The van der Waals surface area contributed by atoms with Gasteiger partial charge in [0.2, 0.25) is 11.8 Å². The molecule has 7 nitrogen and oxygen atoms in total. The van der Waals surface area contributed by atoms with Gasteiger partial charge in [-0.15, -0.1) is 0 Å². The van der Waals surface area contributed by atoms with E-state index < -0.39 is 5.91 Å². The van der Waals surface area contributed by atoms with Crippen LogP contribution in [0.5, 0.6) is 5.75 Å². The Morgan fingerprint density at radius 3 is 2.52 bits per heavy atom. The monoisotopic (exact) mass is 410 g/mol. The first-order chi connectivity index (χ1) is 14.1. The molecular formula is C21H22N4O3S. The van der Waals surface area contributed by atoms with E-state index in [-0.39, 0.29) is 24.6 Å². The number of imidazole rings is 1. The molecule has 0 aliphatic carbocycles. The second kappa shape index (κ2) is 9.79. The van der Waals surface area contributed by atoms with Crippen LogP contribution >= 0.6 is 11.8 Å². The number of para-hydroxylation sites is 1. The highest BCUT2D eigenvalue weighted by Gasteiger charge is 2.18. The number of nitrogens with zero attached hydrogens (tertiary/aromatic N) is 3. The zero-order valence-corrected chi connectivity index (χ0v) is 16.8.